The summed E-state index contributed by atoms with van der Waals surface area (Å²) < 4.78 is 5.59. The first-order valence-electron chi connectivity index (χ1n) is 6.17. The second kappa shape index (κ2) is 6.30. The summed E-state index contributed by atoms with van der Waals surface area (Å²) in [6.07, 6.45) is 0. The number of ether oxygens (including phenoxy) is 1. The predicted molar refractivity (Wildman–Crippen MR) is 83.2 cm³/mol. The molecular weight excluding hydrogens is 270 g/mol. The third kappa shape index (κ3) is 3.22. The first kappa shape index (κ1) is 14.2. The fraction of sp³-hybridized carbons (Fsp3) is 0.125. The topological polar surface area (TPSA) is 29.5 Å². The van der Waals surface area contributed by atoms with Crippen LogP contribution in [0.15, 0.2) is 54.6 Å². The summed E-state index contributed by atoms with van der Waals surface area (Å²) in [5, 5.41) is 0.318. The Labute approximate surface area is 123 Å². The number of rotatable bonds is 3. The molecule has 0 atom stereocenters. The molecule has 0 saturated carbocycles. The monoisotopic (exact) mass is 285 g/mol. The van der Waals surface area contributed by atoms with Gasteiger partial charge in [0, 0.05) is 19.7 Å². The van der Waals surface area contributed by atoms with Gasteiger partial charge >= 0.3 is 0 Å². The fourth-order valence-electron chi connectivity index (χ4n) is 1.67. The van der Waals surface area contributed by atoms with Crippen molar-refractivity contribution in [2.45, 2.75) is 0 Å². The second-order valence-electron chi connectivity index (χ2n) is 4.45. The highest BCUT2D eigenvalue weighted by Gasteiger charge is 2.15. The summed E-state index contributed by atoms with van der Waals surface area (Å²) >= 11 is 5.12. The lowest BCUT2D eigenvalue weighted by molar-refractivity contribution is 0.103. The number of hydrogen-bond donors (Lipinski definition) is 0. The largest absolute Gasteiger partial charge is 0.431 e. The number of benzene rings is 2. The summed E-state index contributed by atoms with van der Waals surface area (Å²) in [6.45, 7) is 0. The summed E-state index contributed by atoms with van der Waals surface area (Å²) in [7, 11) is 3.59. The molecule has 0 heterocycles. The molecule has 0 radical (unpaired) electrons. The van der Waals surface area contributed by atoms with E-state index < -0.39 is 0 Å². The fourth-order valence-corrected chi connectivity index (χ4v) is 1.76. The smallest absolute Gasteiger partial charge is 0.264 e. The Morgan fingerprint density at radius 2 is 1.60 bits per heavy atom. The first-order chi connectivity index (χ1) is 9.59. The van der Waals surface area contributed by atoms with Crippen LogP contribution in [0, 0.1) is 0 Å². The number of nitrogens with zero attached hydrogens (tertiary/aromatic N) is 1. The van der Waals surface area contributed by atoms with Crippen LogP contribution < -0.4 is 4.74 Å². The first-order valence-corrected chi connectivity index (χ1v) is 6.58. The van der Waals surface area contributed by atoms with Gasteiger partial charge in [0.25, 0.3) is 5.17 Å². The van der Waals surface area contributed by atoms with Gasteiger partial charge in [-0.05, 0) is 24.4 Å². The normalized spacial score (nSPS) is 9.90. The van der Waals surface area contributed by atoms with E-state index >= 15 is 0 Å². The standard InChI is InChI=1S/C16H15NO2S/c1-17(2)16(20)19-14-11-7-6-10-13(14)15(18)12-8-4-3-5-9-12/h3-11H,1-2H3. The molecule has 0 aliphatic carbocycles. The van der Waals surface area contributed by atoms with Gasteiger partial charge in [0.2, 0.25) is 0 Å². The van der Waals surface area contributed by atoms with Crippen LogP contribution in [0.3, 0.4) is 0 Å². The van der Waals surface area contributed by atoms with Gasteiger partial charge in [-0.3, -0.25) is 4.79 Å². The molecule has 0 fully saturated rings. The molecule has 0 aromatic heterocycles. The van der Waals surface area contributed by atoms with Crippen molar-refractivity contribution in [2.24, 2.45) is 0 Å². The zero-order valence-electron chi connectivity index (χ0n) is 11.4. The van der Waals surface area contributed by atoms with Crippen molar-refractivity contribution >= 4 is 23.2 Å². The van der Waals surface area contributed by atoms with Crippen LogP contribution in [0.1, 0.15) is 15.9 Å². The van der Waals surface area contributed by atoms with E-state index in [2.05, 4.69) is 0 Å². The summed E-state index contributed by atoms with van der Waals surface area (Å²) in [6, 6.07) is 16.2. The average Bonchev–Trinajstić information content (AvgIpc) is 2.48. The van der Waals surface area contributed by atoms with Gasteiger partial charge in [0.15, 0.2) is 5.78 Å². The Hall–Kier alpha value is -2.20. The SMILES string of the molecule is CN(C)C(=S)Oc1ccccc1C(=O)c1ccccc1. The van der Waals surface area contributed by atoms with Crippen LogP contribution in [0.25, 0.3) is 0 Å². The van der Waals surface area contributed by atoms with Gasteiger partial charge in [0.1, 0.15) is 5.75 Å². The molecule has 4 heteroatoms. The van der Waals surface area contributed by atoms with E-state index in [-0.39, 0.29) is 5.78 Å². The molecule has 3 nitrogen and oxygen atoms in total. The molecule has 0 aliphatic rings. The van der Waals surface area contributed by atoms with Gasteiger partial charge in [-0.15, -0.1) is 0 Å². The van der Waals surface area contributed by atoms with E-state index in [1.165, 1.54) is 0 Å². The van der Waals surface area contributed by atoms with Crippen LogP contribution in [0.4, 0.5) is 0 Å². The van der Waals surface area contributed by atoms with Gasteiger partial charge in [0.05, 0.1) is 5.56 Å². The minimum Gasteiger partial charge on any atom is -0.431 e. The minimum absolute atomic E-state index is 0.0808. The summed E-state index contributed by atoms with van der Waals surface area (Å²) in [4.78, 5) is 14.2. The predicted octanol–water partition coefficient (Wildman–Crippen LogP) is 3.14. The molecule has 0 spiro atoms. The Morgan fingerprint density at radius 1 is 1.00 bits per heavy atom. The van der Waals surface area contributed by atoms with E-state index in [0.717, 1.165) is 0 Å². The lowest BCUT2D eigenvalue weighted by Gasteiger charge is -2.16. The highest BCUT2D eigenvalue weighted by molar-refractivity contribution is 7.80. The molecule has 20 heavy (non-hydrogen) atoms. The number of thiocarbonyl (C=S) groups is 1. The molecule has 2 aromatic rings. The number of para-hydroxylation sites is 1. The molecule has 0 bridgehead atoms. The third-order valence-electron chi connectivity index (χ3n) is 2.73. The van der Waals surface area contributed by atoms with E-state index in [0.29, 0.717) is 22.1 Å². The Bertz CT molecular complexity index is 623. The lowest BCUT2D eigenvalue weighted by atomic mass is 10.0. The maximum absolute atomic E-state index is 12.5. The Balaban J connectivity index is 2.33. The zero-order valence-corrected chi connectivity index (χ0v) is 12.2. The average molecular weight is 285 g/mol. The number of carbonyl (C=O) groups is 1. The quantitative estimate of drug-likeness (QED) is 0.640. The van der Waals surface area contributed by atoms with Crippen molar-refractivity contribution < 1.29 is 9.53 Å². The van der Waals surface area contributed by atoms with Crippen molar-refractivity contribution in [3.8, 4) is 5.75 Å². The van der Waals surface area contributed by atoms with E-state index in [9.17, 15) is 4.79 Å². The lowest BCUT2D eigenvalue weighted by Crippen LogP contribution is -2.25. The molecule has 0 saturated heterocycles. The second-order valence-corrected chi connectivity index (χ2v) is 4.80. The highest BCUT2D eigenvalue weighted by Crippen LogP contribution is 2.22. The molecule has 0 unspecified atom stereocenters. The van der Waals surface area contributed by atoms with Gasteiger partial charge in [-0.1, -0.05) is 42.5 Å². The third-order valence-corrected chi connectivity index (χ3v) is 3.18. The summed E-state index contributed by atoms with van der Waals surface area (Å²) in [5.74, 6) is 0.391. The van der Waals surface area contributed by atoms with Crippen molar-refractivity contribution in [3.05, 3.63) is 65.7 Å². The van der Waals surface area contributed by atoms with E-state index in [4.69, 9.17) is 17.0 Å². The highest BCUT2D eigenvalue weighted by atomic mass is 32.1. The van der Waals surface area contributed by atoms with E-state index in [1.807, 2.05) is 30.3 Å². The molecule has 0 N–H and O–H groups in total. The van der Waals surface area contributed by atoms with Gasteiger partial charge < -0.3 is 9.64 Å². The summed E-state index contributed by atoms with van der Waals surface area (Å²) in [5.41, 5.74) is 1.13. The van der Waals surface area contributed by atoms with Crippen LogP contribution >= 0.6 is 12.2 Å². The number of hydrogen-bond acceptors (Lipinski definition) is 3. The van der Waals surface area contributed by atoms with Gasteiger partial charge in [-0.2, -0.15) is 0 Å². The van der Waals surface area contributed by atoms with Crippen LogP contribution in [0.2, 0.25) is 0 Å². The molecule has 2 aromatic carbocycles. The molecular formula is C16H15NO2S. The molecule has 0 amide bonds. The Kier molecular flexibility index (Phi) is 4.48. The molecule has 0 aliphatic heterocycles. The van der Waals surface area contributed by atoms with Crippen LogP contribution in [-0.4, -0.2) is 30.0 Å². The van der Waals surface area contributed by atoms with Gasteiger partial charge in [-0.25, -0.2) is 0 Å². The van der Waals surface area contributed by atoms with Crippen molar-refractivity contribution in [2.75, 3.05) is 14.1 Å². The number of carbonyl (C=O) groups excluding carboxylic acids is 1. The van der Waals surface area contributed by atoms with Crippen molar-refractivity contribution in [3.63, 3.8) is 0 Å². The van der Waals surface area contributed by atoms with Crippen molar-refractivity contribution in [1.29, 1.82) is 0 Å². The van der Waals surface area contributed by atoms with Crippen LogP contribution in [-0.2, 0) is 0 Å². The minimum atomic E-state index is -0.0808. The van der Waals surface area contributed by atoms with E-state index in [1.54, 1.807) is 43.3 Å². The Morgan fingerprint density at radius 3 is 2.25 bits per heavy atom. The maximum atomic E-state index is 12.5. The zero-order chi connectivity index (χ0) is 14.5. The maximum Gasteiger partial charge on any atom is 0.264 e. The van der Waals surface area contributed by atoms with Crippen molar-refractivity contribution in [1.82, 2.24) is 4.90 Å². The number of ketones is 1. The van der Waals surface area contributed by atoms with Crippen LogP contribution in [0.5, 0.6) is 5.75 Å². The molecule has 2 rings (SSSR count). The molecule has 102 valence electrons.